The summed E-state index contributed by atoms with van der Waals surface area (Å²) in [4.78, 5) is 7.32. The Morgan fingerprint density at radius 1 is 1.22 bits per heavy atom. The van der Waals surface area contributed by atoms with Crippen LogP contribution in [0.2, 0.25) is 0 Å². The van der Waals surface area contributed by atoms with Gasteiger partial charge in [-0.3, -0.25) is 4.68 Å². The van der Waals surface area contributed by atoms with Crippen molar-refractivity contribution in [2.45, 2.75) is 6.18 Å². The molecule has 5 nitrogen and oxygen atoms in total. The van der Waals surface area contributed by atoms with Crippen LogP contribution in [0.5, 0.6) is 0 Å². The monoisotopic (exact) mass is 257 g/mol. The van der Waals surface area contributed by atoms with Gasteiger partial charge < -0.3 is 5.32 Å². The van der Waals surface area contributed by atoms with E-state index in [1.807, 2.05) is 0 Å². The molecule has 8 heteroatoms. The zero-order valence-corrected chi connectivity index (χ0v) is 9.65. The molecule has 0 amide bonds. The lowest BCUT2D eigenvalue weighted by Crippen LogP contribution is -2.11. The minimum absolute atomic E-state index is 0.0921. The smallest absolute Gasteiger partial charge is 0.357 e. The van der Waals surface area contributed by atoms with E-state index in [0.29, 0.717) is 5.69 Å². The zero-order valence-electron chi connectivity index (χ0n) is 9.65. The molecule has 18 heavy (non-hydrogen) atoms. The van der Waals surface area contributed by atoms with Crippen molar-refractivity contribution in [3.05, 3.63) is 24.0 Å². The van der Waals surface area contributed by atoms with Crippen LogP contribution in [0.15, 0.2) is 18.3 Å². The fraction of sp³-hybridized carbons (Fsp3) is 0.300. The molecule has 0 aliphatic heterocycles. The Morgan fingerprint density at radius 2 is 1.94 bits per heavy atom. The fourth-order valence-corrected chi connectivity index (χ4v) is 1.39. The largest absolute Gasteiger partial charge is 0.433 e. The predicted octanol–water partition coefficient (Wildman–Crippen LogP) is 1.94. The molecule has 0 aliphatic carbocycles. The van der Waals surface area contributed by atoms with Crippen molar-refractivity contribution >= 4 is 5.95 Å². The molecule has 1 N–H and O–H groups in total. The number of aryl methyl sites for hydroxylation is 1. The normalized spacial score (nSPS) is 11.6. The van der Waals surface area contributed by atoms with Gasteiger partial charge in [-0.2, -0.15) is 18.3 Å². The summed E-state index contributed by atoms with van der Waals surface area (Å²) in [5, 5.41) is 6.51. The highest BCUT2D eigenvalue weighted by molar-refractivity contribution is 5.56. The Morgan fingerprint density at radius 3 is 2.44 bits per heavy atom. The molecule has 0 unspecified atom stereocenters. The molecule has 0 spiro atoms. The van der Waals surface area contributed by atoms with Crippen molar-refractivity contribution < 1.29 is 13.2 Å². The third kappa shape index (κ3) is 2.41. The first-order valence-electron chi connectivity index (χ1n) is 5.04. The van der Waals surface area contributed by atoms with Crippen molar-refractivity contribution in [1.82, 2.24) is 19.7 Å². The van der Waals surface area contributed by atoms with Gasteiger partial charge in [0.2, 0.25) is 5.95 Å². The van der Waals surface area contributed by atoms with Gasteiger partial charge in [-0.1, -0.05) is 0 Å². The van der Waals surface area contributed by atoms with Gasteiger partial charge in [0.05, 0.1) is 5.69 Å². The molecule has 2 aromatic rings. The van der Waals surface area contributed by atoms with Gasteiger partial charge in [0.25, 0.3) is 0 Å². The molecule has 96 valence electrons. The van der Waals surface area contributed by atoms with E-state index in [0.717, 1.165) is 6.07 Å². The van der Waals surface area contributed by atoms with Crippen LogP contribution in [0.1, 0.15) is 5.69 Å². The van der Waals surface area contributed by atoms with Crippen LogP contribution in [0.4, 0.5) is 19.1 Å². The van der Waals surface area contributed by atoms with E-state index < -0.39 is 11.9 Å². The topological polar surface area (TPSA) is 55.6 Å². The van der Waals surface area contributed by atoms with E-state index in [2.05, 4.69) is 20.4 Å². The first-order valence-corrected chi connectivity index (χ1v) is 5.04. The Kier molecular flexibility index (Phi) is 2.93. The summed E-state index contributed by atoms with van der Waals surface area (Å²) in [6.07, 6.45) is -2.89. The van der Waals surface area contributed by atoms with Crippen molar-refractivity contribution in [3.8, 4) is 11.4 Å². The number of hydrogen-bond donors (Lipinski definition) is 1. The second kappa shape index (κ2) is 4.28. The standard InChI is InChI=1S/C10H10F3N5/c1-14-9-15-7(6-3-4-18(2)17-6)5-8(16-9)10(11,12)13/h3-5H,1-2H3,(H,14,15,16). The molecule has 0 aromatic carbocycles. The predicted molar refractivity (Wildman–Crippen MR) is 58.8 cm³/mol. The average Bonchev–Trinajstić information content (AvgIpc) is 2.74. The number of aromatic nitrogens is 4. The summed E-state index contributed by atoms with van der Waals surface area (Å²) in [7, 11) is 3.13. The summed E-state index contributed by atoms with van der Waals surface area (Å²) in [6.45, 7) is 0. The molecule has 0 saturated carbocycles. The summed E-state index contributed by atoms with van der Waals surface area (Å²) < 4.78 is 39.5. The van der Waals surface area contributed by atoms with Gasteiger partial charge >= 0.3 is 6.18 Å². The highest BCUT2D eigenvalue weighted by Crippen LogP contribution is 2.30. The summed E-state index contributed by atoms with van der Waals surface area (Å²) in [6, 6.07) is 2.46. The molecule has 0 fully saturated rings. The first-order chi connectivity index (χ1) is 8.40. The molecule has 2 heterocycles. The highest BCUT2D eigenvalue weighted by atomic mass is 19.4. The van der Waals surface area contributed by atoms with Gasteiger partial charge in [-0.25, -0.2) is 9.97 Å². The van der Waals surface area contributed by atoms with Crippen molar-refractivity contribution in [3.63, 3.8) is 0 Å². The third-order valence-electron chi connectivity index (χ3n) is 2.22. The van der Waals surface area contributed by atoms with E-state index in [4.69, 9.17) is 0 Å². The maximum atomic E-state index is 12.7. The van der Waals surface area contributed by atoms with Gasteiger partial charge in [0, 0.05) is 20.3 Å². The molecule has 0 bridgehead atoms. The first kappa shape index (κ1) is 12.3. The molecular weight excluding hydrogens is 247 g/mol. The van der Waals surface area contributed by atoms with Crippen molar-refractivity contribution in [2.75, 3.05) is 12.4 Å². The number of alkyl halides is 3. The third-order valence-corrected chi connectivity index (χ3v) is 2.22. The van der Waals surface area contributed by atoms with Crippen LogP contribution in [-0.2, 0) is 13.2 Å². The van der Waals surface area contributed by atoms with Crippen LogP contribution in [0, 0.1) is 0 Å². The SMILES string of the molecule is CNc1nc(-c2ccn(C)n2)cc(C(F)(F)F)n1. The van der Waals surface area contributed by atoms with Crippen LogP contribution >= 0.6 is 0 Å². The van der Waals surface area contributed by atoms with Crippen molar-refractivity contribution in [2.24, 2.45) is 7.05 Å². The van der Waals surface area contributed by atoms with E-state index in [-0.39, 0.29) is 11.6 Å². The second-order valence-electron chi connectivity index (χ2n) is 3.58. The van der Waals surface area contributed by atoms with Crippen LogP contribution in [0.25, 0.3) is 11.4 Å². The molecule has 0 atom stereocenters. The Bertz CT molecular complexity index is 561. The Labute approximate surface area is 101 Å². The van der Waals surface area contributed by atoms with Crippen molar-refractivity contribution in [1.29, 1.82) is 0 Å². The zero-order chi connectivity index (χ0) is 13.3. The number of rotatable bonds is 2. The van der Waals surface area contributed by atoms with Crippen LogP contribution < -0.4 is 5.32 Å². The van der Waals surface area contributed by atoms with Gasteiger partial charge in [-0.05, 0) is 12.1 Å². The molecular formula is C10H10F3N5. The highest BCUT2D eigenvalue weighted by Gasteiger charge is 2.33. The second-order valence-corrected chi connectivity index (χ2v) is 3.58. The Balaban J connectivity index is 2.54. The number of nitrogens with one attached hydrogen (secondary N) is 1. The maximum Gasteiger partial charge on any atom is 0.433 e. The lowest BCUT2D eigenvalue weighted by atomic mass is 10.2. The molecule has 2 aromatic heterocycles. The summed E-state index contributed by atoms with van der Waals surface area (Å²) >= 11 is 0. The Hall–Kier alpha value is -2.12. The van der Waals surface area contributed by atoms with E-state index in [9.17, 15) is 13.2 Å². The fourth-order valence-electron chi connectivity index (χ4n) is 1.39. The molecule has 2 rings (SSSR count). The van der Waals surface area contributed by atoms with Crippen LogP contribution in [-0.4, -0.2) is 26.8 Å². The van der Waals surface area contributed by atoms with Crippen LogP contribution in [0.3, 0.4) is 0 Å². The minimum atomic E-state index is -4.52. The number of anilines is 1. The van der Waals surface area contributed by atoms with E-state index in [1.54, 1.807) is 19.3 Å². The van der Waals surface area contributed by atoms with Gasteiger partial charge in [0.1, 0.15) is 5.69 Å². The lowest BCUT2D eigenvalue weighted by Gasteiger charge is -2.08. The van der Waals surface area contributed by atoms with E-state index in [1.165, 1.54) is 11.7 Å². The molecule has 0 radical (unpaired) electrons. The van der Waals surface area contributed by atoms with Gasteiger partial charge in [-0.15, -0.1) is 0 Å². The maximum absolute atomic E-state index is 12.7. The minimum Gasteiger partial charge on any atom is -0.357 e. The molecule has 0 saturated heterocycles. The van der Waals surface area contributed by atoms with E-state index >= 15 is 0 Å². The number of halogens is 3. The number of nitrogens with zero attached hydrogens (tertiary/aromatic N) is 4. The average molecular weight is 257 g/mol. The summed E-state index contributed by atoms with van der Waals surface area (Å²) in [5.74, 6) is -0.0921. The number of hydrogen-bond acceptors (Lipinski definition) is 4. The van der Waals surface area contributed by atoms with Gasteiger partial charge in [0.15, 0.2) is 5.69 Å². The quantitative estimate of drug-likeness (QED) is 0.893. The molecule has 0 aliphatic rings. The lowest BCUT2D eigenvalue weighted by molar-refractivity contribution is -0.141. The summed E-state index contributed by atoms with van der Waals surface area (Å²) in [5.41, 5.74) is -0.508.